The molecule has 4 N–H and O–H groups in total. The zero-order chi connectivity index (χ0) is 23.0. The molecule has 1 heterocycles. The van der Waals surface area contributed by atoms with Crippen LogP contribution in [0.1, 0.15) is 35.2 Å². The Labute approximate surface area is 185 Å². The Kier molecular flexibility index (Phi) is 5.88. The number of hydrogen-bond donors (Lipinski definition) is 3. The fourth-order valence-electron chi connectivity index (χ4n) is 4.25. The molecule has 8 heteroatoms. The zero-order valence-electron chi connectivity index (χ0n) is 18.1. The Morgan fingerprint density at radius 2 is 2.06 bits per heavy atom. The molecule has 0 bridgehead atoms. The third kappa shape index (κ3) is 3.93. The van der Waals surface area contributed by atoms with E-state index in [1.807, 2.05) is 25.1 Å². The van der Waals surface area contributed by atoms with Crippen molar-refractivity contribution in [1.82, 2.24) is 9.88 Å². The average molecular weight is 439 g/mol. The van der Waals surface area contributed by atoms with Gasteiger partial charge < -0.3 is 25.6 Å². The number of likely N-dealkylation sites (N-methyl/N-ethyl adjacent to an activating group) is 1. The summed E-state index contributed by atoms with van der Waals surface area (Å²) in [5, 5.41) is 12.7. The Balaban J connectivity index is 1.54. The van der Waals surface area contributed by atoms with E-state index in [-0.39, 0.29) is 16.8 Å². The topological polar surface area (TPSA) is 101 Å². The number of benzene rings is 2. The van der Waals surface area contributed by atoms with E-state index in [9.17, 15) is 14.7 Å². The normalized spacial score (nSPS) is 17.5. The summed E-state index contributed by atoms with van der Waals surface area (Å²) in [5.74, 6) is -1.56. The van der Waals surface area contributed by atoms with Crippen molar-refractivity contribution in [3.05, 3.63) is 69.8 Å². The number of carboxylic acids is 1. The van der Waals surface area contributed by atoms with Gasteiger partial charge >= 0.3 is 5.97 Å². The third-order valence-corrected chi connectivity index (χ3v) is 6.18. The zero-order valence-corrected chi connectivity index (χ0v) is 18.1. The minimum atomic E-state index is -1.36. The third-order valence-electron chi connectivity index (χ3n) is 6.18. The smallest absolute Gasteiger partial charge is 0.341 e. The molecule has 1 saturated carbocycles. The second-order valence-electron chi connectivity index (χ2n) is 8.22. The molecule has 1 aliphatic rings. The molecule has 0 radical (unpaired) electrons. The van der Waals surface area contributed by atoms with E-state index in [1.165, 1.54) is 11.8 Å². The van der Waals surface area contributed by atoms with Gasteiger partial charge in [0.25, 0.3) is 0 Å². The minimum absolute atomic E-state index is 0.0943. The van der Waals surface area contributed by atoms with E-state index < -0.39 is 22.8 Å². The number of fused-ring (bicyclic) bond motifs is 1. The van der Waals surface area contributed by atoms with Crippen molar-refractivity contribution in [3.8, 4) is 0 Å². The molecule has 3 aromatic rings. The molecule has 32 heavy (non-hydrogen) atoms. The molecule has 2 aromatic carbocycles. The van der Waals surface area contributed by atoms with Crippen molar-refractivity contribution < 1.29 is 14.3 Å². The number of hydrogen-bond acceptors (Lipinski definition) is 5. The lowest BCUT2D eigenvalue weighted by molar-refractivity contribution is 0.0695. The van der Waals surface area contributed by atoms with Crippen LogP contribution >= 0.6 is 0 Å². The molecule has 7 nitrogen and oxygen atoms in total. The van der Waals surface area contributed by atoms with Gasteiger partial charge in [-0.15, -0.1) is 0 Å². The van der Waals surface area contributed by atoms with Gasteiger partial charge in [0, 0.05) is 44.8 Å². The molecule has 0 spiro atoms. The monoisotopic (exact) mass is 438 g/mol. The van der Waals surface area contributed by atoms with Crippen LogP contribution in [0.3, 0.4) is 0 Å². The van der Waals surface area contributed by atoms with Crippen LogP contribution in [-0.4, -0.2) is 41.8 Å². The molecule has 1 aliphatic carbocycles. The van der Waals surface area contributed by atoms with Gasteiger partial charge in [0.15, 0.2) is 5.82 Å². The lowest BCUT2D eigenvalue weighted by Gasteiger charge is -2.23. The van der Waals surface area contributed by atoms with Crippen molar-refractivity contribution in [2.24, 2.45) is 0 Å². The molecule has 168 valence electrons. The molecule has 1 aromatic heterocycles. The number of aromatic carboxylic acids is 1. The van der Waals surface area contributed by atoms with Crippen molar-refractivity contribution in [2.75, 3.05) is 30.8 Å². The molecular formula is C24H27FN4O3. The molecule has 2 atom stereocenters. The lowest BCUT2D eigenvalue weighted by atomic mass is 10.1. The molecular weight excluding hydrogens is 411 g/mol. The number of nitrogens with zero attached hydrogens (tertiary/aromatic N) is 2. The molecule has 0 unspecified atom stereocenters. The van der Waals surface area contributed by atoms with E-state index in [2.05, 4.69) is 17.4 Å². The Morgan fingerprint density at radius 1 is 1.34 bits per heavy atom. The van der Waals surface area contributed by atoms with Crippen molar-refractivity contribution in [3.63, 3.8) is 0 Å². The first-order chi connectivity index (χ1) is 15.3. The Bertz CT molecular complexity index is 1230. The standard InChI is InChI=1S/C24H27FN4O3/c1-3-29-13-16(24(31)32)23(30)20-18(29)12-19(21(25)22(20)26)28(2)10-9-27-17-11-15(17)14-7-5-4-6-8-14/h4-8,12-13,15,17,27H,3,9-11,26H2,1-2H3,(H,31,32)/t15-,17+/m0/s1. The van der Waals surface area contributed by atoms with Gasteiger partial charge in [-0.25, -0.2) is 9.18 Å². The summed E-state index contributed by atoms with van der Waals surface area (Å²) in [5.41, 5.74) is 6.50. The van der Waals surface area contributed by atoms with Gasteiger partial charge in [-0.3, -0.25) is 4.79 Å². The van der Waals surface area contributed by atoms with E-state index in [0.717, 1.165) is 6.42 Å². The maximum atomic E-state index is 15.1. The van der Waals surface area contributed by atoms with Gasteiger partial charge in [-0.1, -0.05) is 30.3 Å². The van der Waals surface area contributed by atoms with E-state index in [0.29, 0.717) is 37.1 Å². The van der Waals surface area contributed by atoms with Crippen LogP contribution in [0.4, 0.5) is 15.8 Å². The number of carbonyl (C=O) groups is 1. The second-order valence-corrected chi connectivity index (χ2v) is 8.22. The highest BCUT2D eigenvalue weighted by atomic mass is 19.1. The van der Waals surface area contributed by atoms with Crippen molar-refractivity contribution >= 4 is 28.2 Å². The SMILES string of the molecule is CCn1cc(C(=O)O)c(=O)c2c(N)c(F)c(N(C)CCN[C@@H]3C[C@H]3c3ccccc3)cc21. The number of nitrogens with two attached hydrogens (primary N) is 1. The van der Waals surface area contributed by atoms with Crippen LogP contribution in [0.5, 0.6) is 0 Å². The number of nitrogen functional groups attached to an aromatic ring is 1. The van der Waals surface area contributed by atoms with Crippen molar-refractivity contribution in [2.45, 2.75) is 31.8 Å². The van der Waals surface area contributed by atoms with Gasteiger partial charge in [0.2, 0.25) is 5.43 Å². The van der Waals surface area contributed by atoms with E-state index in [4.69, 9.17) is 5.73 Å². The van der Waals surface area contributed by atoms with Crippen LogP contribution in [0.15, 0.2) is 47.4 Å². The second kappa shape index (κ2) is 8.63. The predicted octanol–water partition coefficient (Wildman–Crippen LogP) is 3.02. The van der Waals surface area contributed by atoms with Crippen LogP contribution in [-0.2, 0) is 6.54 Å². The summed E-state index contributed by atoms with van der Waals surface area (Å²) in [7, 11) is 1.77. The predicted molar refractivity (Wildman–Crippen MR) is 124 cm³/mol. The van der Waals surface area contributed by atoms with E-state index >= 15 is 4.39 Å². The summed E-state index contributed by atoms with van der Waals surface area (Å²) >= 11 is 0. The maximum Gasteiger partial charge on any atom is 0.341 e. The summed E-state index contributed by atoms with van der Waals surface area (Å²) in [4.78, 5) is 25.8. The van der Waals surface area contributed by atoms with Crippen molar-refractivity contribution in [1.29, 1.82) is 0 Å². The lowest BCUT2D eigenvalue weighted by Crippen LogP contribution is -2.31. The molecule has 1 fully saturated rings. The Morgan fingerprint density at radius 3 is 2.72 bits per heavy atom. The summed E-state index contributed by atoms with van der Waals surface area (Å²) < 4.78 is 16.7. The number of anilines is 2. The Hall–Kier alpha value is -3.39. The molecule has 0 saturated heterocycles. The molecule has 0 amide bonds. The number of carboxylic acid groups (broad SMARTS) is 1. The van der Waals surface area contributed by atoms with Gasteiger partial charge in [0.1, 0.15) is 5.56 Å². The fourth-order valence-corrected chi connectivity index (χ4v) is 4.25. The number of rotatable bonds is 8. The number of aryl methyl sites for hydroxylation is 1. The largest absolute Gasteiger partial charge is 0.477 e. The number of halogens is 1. The minimum Gasteiger partial charge on any atom is -0.477 e. The van der Waals surface area contributed by atoms with E-state index in [1.54, 1.807) is 22.6 Å². The first-order valence-corrected chi connectivity index (χ1v) is 10.7. The average Bonchev–Trinajstić information content (AvgIpc) is 3.56. The van der Waals surface area contributed by atoms with Crippen LogP contribution < -0.4 is 21.4 Å². The quantitative estimate of drug-likeness (QED) is 0.468. The number of aromatic nitrogens is 1. The van der Waals surface area contributed by atoms with Crippen LogP contribution in [0.25, 0.3) is 10.9 Å². The molecule has 4 rings (SSSR count). The highest BCUT2D eigenvalue weighted by molar-refractivity contribution is 5.99. The highest BCUT2D eigenvalue weighted by Gasteiger charge is 2.37. The molecule has 0 aliphatic heterocycles. The first kappa shape index (κ1) is 21.8. The summed E-state index contributed by atoms with van der Waals surface area (Å²) in [6.45, 7) is 3.44. The van der Waals surface area contributed by atoms with Crippen LogP contribution in [0, 0.1) is 5.82 Å². The van der Waals surface area contributed by atoms with Crippen LogP contribution in [0.2, 0.25) is 0 Å². The maximum absolute atomic E-state index is 15.1. The van der Waals surface area contributed by atoms with Gasteiger partial charge in [-0.05, 0) is 25.0 Å². The number of pyridine rings is 1. The van der Waals surface area contributed by atoms with Gasteiger partial charge in [0.05, 0.1) is 22.3 Å². The number of nitrogens with one attached hydrogen (secondary N) is 1. The van der Waals surface area contributed by atoms with Gasteiger partial charge in [-0.2, -0.15) is 0 Å². The fraction of sp³-hybridized carbons (Fsp3) is 0.333. The summed E-state index contributed by atoms with van der Waals surface area (Å²) in [6.07, 6.45) is 2.37. The highest BCUT2D eigenvalue weighted by Crippen LogP contribution is 2.40. The summed E-state index contributed by atoms with van der Waals surface area (Å²) in [6, 6.07) is 12.3. The first-order valence-electron chi connectivity index (χ1n) is 10.7.